The van der Waals surface area contributed by atoms with Crippen molar-refractivity contribution in [3.05, 3.63) is 64.6 Å². The summed E-state index contributed by atoms with van der Waals surface area (Å²) in [6.07, 6.45) is 7.73. The normalized spacial score (nSPS) is 14.8. The molecule has 1 heterocycles. The van der Waals surface area contributed by atoms with Gasteiger partial charge in [0.25, 0.3) is 0 Å². The highest BCUT2D eigenvalue weighted by Gasteiger charge is 2.13. The van der Waals surface area contributed by atoms with Crippen LogP contribution in [0.15, 0.2) is 57.8 Å². The molecule has 84 valence electrons. The summed E-state index contributed by atoms with van der Waals surface area (Å²) < 4.78 is 5.64. The fourth-order valence-corrected chi connectivity index (χ4v) is 1.95. The summed E-state index contributed by atoms with van der Waals surface area (Å²) in [4.78, 5) is 11.9. The van der Waals surface area contributed by atoms with E-state index in [1.54, 1.807) is 6.07 Å². The van der Waals surface area contributed by atoms with Crippen LogP contribution in [0.5, 0.6) is 5.75 Å². The Morgan fingerprint density at radius 1 is 1.12 bits per heavy atom. The predicted molar refractivity (Wildman–Crippen MR) is 65.2 cm³/mol. The first kappa shape index (κ1) is 9.90. The van der Waals surface area contributed by atoms with Gasteiger partial charge in [-0.1, -0.05) is 24.3 Å². The van der Waals surface area contributed by atoms with Crippen molar-refractivity contribution in [1.82, 2.24) is 0 Å². The molecule has 0 aliphatic heterocycles. The number of phenolic OH excluding ortho intramolecular Hbond substituents is 1. The Hall–Kier alpha value is -2.29. The molecule has 3 rings (SSSR count). The first-order chi connectivity index (χ1) is 8.24. The maximum Gasteiger partial charge on any atom is 0.192 e. The molecular formula is C14H10O3. The molecular weight excluding hydrogens is 216 g/mol. The van der Waals surface area contributed by atoms with Gasteiger partial charge in [-0.3, -0.25) is 4.79 Å². The number of phenols is 1. The van der Waals surface area contributed by atoms with Crippen molar-refractivity contribution in [3.8, 4) is 5.75 Å². The zero-order valence-electron chi connectivity index (χ0n) is 8.96. The summed E-state index contributed by atoms with van der Waals surface area (Å²) in [7, 11) is 0. The van der Waals surface area contributed by atoms with Crippen LogP contribution in [-0.4, -0.2) is 5.11 Å². The number of hydrogen-bond acceptors (Lipinski definition) is 3. The van der Waals surface area contributed by atoms with Crippen LogP contribution in [0.1, 0.15) is 11.7 Å². The molecule has 0 saturated heterocycles. The minimum Gasteiger partial charge on any atom is -0.508 e. The lowest BCUT2D eigenvalue weighted by Crippen LogP contribution is -2.03. The molecule has 3 heteroatoms. The van der Waals surface area contributed by atoms with Gasteiger partial charge < -0.3 is 9.52 Å². The van der Waals surface area contributed by atoms with E-state index in [-0.39, 0.29) is 17.1 Å². The third kappa shape index (κ3) is 1.65. The third-order valence-electron chi connectivity index (χ3n) is 2.81. The van der Waals surface area contributed by atoms with E-state index >= 15 is 0 Å². The quantitative estimate of drug-likeness (QED) is 0.813. The van der Waals surface area contributed by atoms with E-state index in [0.29, 0.717) is 16.7 Å². The highest BCUT2D eigenvalue weighted by atomic mass is 16.3. The van der Waals surface area contributed by atoms with Crippen molar-refractivity contribution < 1.29 is 9.52 Å². The summed E-state index contributed by atoms with van der Waals surface area (Å²) in [5.74, 6) is 0.697. The molecule has 3 nitrogen and oxygen atoms in total. The second-order valence-corrected chi connectivity index (χ2v) is 3.99. The van der Waals surface area contributed by atoms with Crippen molar-refractivity contribution in [1.29, 1.82) is 0 Å². The van der Waals surface area contributed by atoms with E-state index in [1.165, 1.54) is 18.2 Å². The average molecular weight is 226 g/mol. The van der Waals surface area contributed by atoms with E-state index in [0.717, 1.165) is 0 Å². The second-order valence-electron chi connectivity index (χ2n) is 3.99. The van der Waals surface area contributed by atoms with E-state index in [2.05, 4.69) is 0 Å². The van der Waals surface area contributed by atoms with Crippen LogP contribution in [0, 0.1) is 0 Å². The fraction of sp³-hybridized carbons (Fsp3) is 0.0714. The second kappa shape index (κ2) is 3.63. The van der Waals surface area contributed by atoms with Gasteiger partial charge in [-0.05, 0) is 12.1 Å². The molecule has 17 heavy (non-hydrogen) atoms. The van der Waals surface area contributed by atoms with Crippen LogP contribution in [-0.2, 0) is 0 Å². The molecule has 1 aromatic heterocycles. The molecule has 0 amide bonds. The van der Waals surface area contributed by atoms with Crippen molar-refractivity contribution in [2.75, 3.05) is 0 Å². The summed E-state index contributed by atoms with van der Waals surface area (Å²) in [6.45, 7) is 0. The summed E-state index contributed by atoms with van der Waals surface area (Å²) in [5.41, 5.74) is 0.330. The first-order valence-electron chi connectivity index (χ1n) is 5.36. The Morgan fingerprint density at radius 2 is 1.88 bits per heavy atom. The number of benzene rings is 1. The highest BCUT2D eigenvalue weighted by molar-refractivity contribution is 5.78. The molecule has 2 aromatic rings. The fourth-order valence-electron chi connectivity index (χ4n) is 1.95. The van der Waals surface area contributed by atoms with Gasteiger partial charge in [0, 0.05) is 12.1 Å². The van der Waals surface area contributed by atoms with Gasteiger partial charge in [0.2, 0.25) is 0 Å². The number of rotatable bonds is 1. The first-order valence-corrected chi connectivity index (χ1v) is 5.36. The Morgan fingerprint density at radius 3 is 2.65 bits per heavy atom. The van der Waals surface area contributed by atoms with E-state index in [1.807, 2.05) is 24.3 Å². The summed E-state index contributed by atoms with van der Waals surface area (Å²) in [6, 6.07) is 6.02. The van der Waals surface area contributed by atoms with Gasteiger partial charge in [-0.25, -0.2) is 0 Å². The van der Waals surface area contributed by atoms with Crippen molar-refractivity contribution in [2.45, 2.75) is 5.92 Å². The Balaban J connectivity index is 2.25. The lowest BCUT2D eigenvalue weighted by Gasteiger charge is -2.06. The molecule has 1 N–H and O–H groups in total. The third-order valence-corrected chi connectivity index (χ3v) is 2.81. The molecule has 0 unspecified atom stereocenters. The van der Waals surface area contributed by atoms with Crippen LogP contribution in [0.25, 0.3) is 11.0 Å². The van der Waals surface area contributed by atoms with E-state index in [4.69, 9.17) is 4.42 Å². The van der Waals surface area contributed by atoms with Gasteiger partial charge >= 0.3 is 0 Å². The van der Waals surface area contributed by atoms with Crippen LogP contribution < -0.4 is 5.43 Å². The van der Waals surface area contributed by atoms with Gasteiger partial charge in [-0.2, -0.15) is 0 Å². The Bertz CT molecular complexity index is 680. The molecule has 0 atom stereocenters. The monoisotopic (exact) mass is 226 g/mol. The predicted octanol–water partition coefficient (Wildman–Crippen LogP) is 2.71. The largest absolute Gasteiger partial charge is 0.508 e. The number of hydrogen-bond donors (Lipinski definition) is 1. The molecule has 0 saturated carbocycles. The lowest BCUT2D eigenvalue weighted by molar-refractivity contribution is 0.472. The summed E-state index contributed by atoms with van der Waals surface area (Å²) in [5, 5.41) is 9.87. The van der Waals surface area contributed by atoms with Crippen LogP contribution in [0.3, 0.4) is 0 Å². The van der Waals surface area contributed by atoms with Gasteiger partial charge in [0.15, 0.2) is 5.43 Å². The molecule has 1 aliphatic carbocycles. The Labute approximate surface area is 97.3 Å². The molecule has 1 aliphatic rings. The van der Waals surface area contributed by atoms with Crippen molar-refractivity contribution >= 4 is 11.0 Å². The van der Waals surface area contributed by atoms with Crippen LogP contribution in [0.2, 0.25) is 0 Å². The molecule has 0 radical (unpaired) electrons. The Kier molecular flexibility index (Phi) is 2.11. The van der Waals surface area contributed by atoms with Gasteiger partial charge in [0.05, 0.1) is 11.3 Å². The SMILES string of the molecule is O=c1cc(C2C=CC=C2)oc2cc(O)ccc12. The lowest BCUT2D eigenvalue weighted by atomic mass is 10.1. The van der Waals surface area contributed by atoms with Crippen LogP contribution >= 0.6 is 0 Å². The highest BCUT2D eigenvalue weighted by Crippen LogP contribution is 2.25. The number of fused-ring (bicyclic) bond motifs is 1. The van der Waals surface area contributed by atoms with Gasteiger partial charge in [-0.15, -0.1) is 0 Å². The maximum absolute atomic E-state index is 11.9. The molecule has 0 fully saturated rings. The van der Waals surface area contributed by atoms with Crippen molar-refractivity contribution in [3.63, 3.8) is 0 Å². The zero-order valence-corrected chi connectivity index (χ0v) is 8.96. The van der Waals surface area contributed by atoms with E-state index < -0.39 is 0 Å². The van der Waals surface area contributed by atoms with E-state index in [9.17, 15) is 9.90 Å². The van der Waals surface area contributed by atoms with Crippen molar-refractivity contribution in [2.24, 2.45) is 0 Å². The molecule has 1 aromatic carbocycles. The topological polar surface area (TPSA) is 50.4 Å². The summed E-state index contributed by atoms with van der Waals surface area (Å²) >= 11 is 0. The number of aromatic hydroxyl groups is 1. The minimum atomic E-state index is -0.0880. The molecule has 0 spiro atoms. The average Bonchev–Trinajstić information content (AvgIpc) is 2.81. The smallest absolute Gasteiger partial charge is 0.192 e. The molecule has 0 bridgehead atoms. The minimum absolute atomic E-state index is 0.00875. The standard InChI is InChI=1S/C14H10O3/c15-10-5-6-11-12(16)8-13(17-14(11)7-10)9-3-1-2-4-9/h1-9,15H. The van der Waals surface area contributed by atoms with Crippen LogP contribution in [0.4, 0.5) is 0 Å². The van der Waals surface area contributed by atoms with Gasteiger partial charge in [0.1, 0.15) is 17.1 Å². The number of allylic oxidation sites excluding steroid dienone is 4. The maximum atomic E-state index is 11.9. The zero-order chi connectivity index (χ0) is 11.8.